The van der Waals surface area contributed by atoms with Crippen molar-refractivity contribution in [1.82, 2.24) is 5.16 Å². The first-order valence-corrected chi connectivity index (χ1v) is 4.05. The summed E-state index contributed by atoms with van der Waals surface area (Å²) >= 11 is 0. The molecule has 1 aromatic heterocycles. The van der Waals surface area contributed by atoms with Gasteiger partial charge >= 0.3 is 0 Å². The van der Waals surface area contributed by atoms with Crippen LogP contribution in [0.15, 0.2) is 22.9 Å². The van der Waals surface area contributed by atoms with Gasteiger partial charge in [0.1, 0.15) is 0 Å². The summed E-state index contributed by atoms with van der Waals surface area (Å²) in [5.41, 5.74) is 3.46. The minimum Gasteiger partial charge on any atom is -0.384 e. The van der Waals surface area contributed by atoms with Gasteiger partial charge in [-0.1, -0.05) is 5.16 Å². The Morgan fingerprint density at radius 1 is 1.42 bits per heavy atom. The topological polar surface area (TPSA) is 38.1 Å². The molecule has 1 aliphatic rings. The van der Waals surface area contributed by atoms with Gasteiger partial charge in [-0.05, 0) is 24.1 Å². The third kappa shape index (κ3) is 0.630. The van der Waals surface area contributed by atoms with Crippen LogP contribution < -0.4 is 5.32 Å². The van der Waals surface area contributed by atoms with E-state index in [0.717, 1.165) is 23.9 Å². The highest BCUT2D eigenvalue weighted by molar-refractivity contribution is 5.86. The molecular formula is C9H8N2O. The second-order valence-electron chi connectivity index (χ2n) is 3.01. The molecule has 0 saturated heterocycles. The number of hydrogen-bond acceptors (Lipinski definition) is 3. The van der Waals surface area contributed by atoms with Gasteiger partial charge in [-0.2, -0.15) is 0 Å². The Bertz CT molecular complexity index is 433. The van der Waals surface area contributed by atoms with Gasteiger partial charge in [0, 0.05) is 17.6 Å². The molecule has 0 bridgehead atoms. The van der Waals surface area contributed by atoms with Gasteiger partial charge in [0.05, 0.1) is 6.20 Å². The molecular weight excluding hydrogens is 152 g/mol. The molecule has 0 spiro atoms. The molecule has 12 heavy (non-hydrogen) atoms. The largest absolute Gasteiger partial charge is 0.384 e. The van der Waals surface area contributed by atoms with Gasteiger partial charge in [0.25, 0.3) is 0 Å². The van der Waals surface area contributed by atoms with Crippen molar-refractivity contribution in [1.29, 1.82) is 0 Å². The molecule has 0 saturated carbocycles. The number of nitrogens with one attached hydrogen (secondary N) is 1. The standard InChI is InChI=1S/C9H8N2O/c1-2-9-7(5-11-12-9)6-3-4-10-8(1)6/h1-2,5,10H,3-4H2. The van der Waals surface area contributed by atoms with Crippen molar-refractivity contribution >= 4 is 16.7 Å². The molecule has 0 radical (unpaired) electrons. The van der Waals surface area contributed by atoms with Crippen molar-refractivity contribution in [2.75, 3.05) is 11.9 Å². The smallest absolute Gasteiger partial charge is 0.167 e. The Kier molecular flexibility index (Phi) is 1.01. The molecule has 0 atom stereocenters. The van der Waals surface area contributed by atoms with E-state index >= 15 is 0 Å². The van der Waals surface area contributed by atoms with E-state index in [9.17, 15) is 0 Å². The molecule has 0 amide bonds. The first-order valence-electron chi connectivity index (χ1n) is 4.05. The zero-order chi connectivity index (χ0) is 7.97. The van der Waals surface area contributed by atoms with E-state index < -0.39 is 0 Å². The fraction of sp³-hybridized carbons (Fsp3) is 0.222. The van der Waals surface area contributed by atoms with Crippen LogP contribution in [0.5, 0.6) is 0 Å². The zero-order valence-corrected chi connectivity index (χ0v) is 6.50. The quantitative estimate of drug-likeness (QED) is 0.638. The van der Waals surface area contributed by atoms with E-state index in [1.54, 1.807) is 6.20 Å². The predicted molar refractivity (Wildman–Crippen MR) is 46.2 cm³/mol. The second kappa shape index (κ2) is 2.00. The van der Waals surface area contributed by atoms with Crippen LogP contribution in [0.1, 0.15) is 5.56 Å². The van der Waals surface area contributed by atoms with E-state index in [-0.39, 0.29) is 0 Å². The van der Waals surface area contributed by atoms with Gasteiger partial charge in [0.15, 0.2) is 5.58 Å². The van der Waals surface area contributed by atoms with Gasteiger partial charge in [-0.15, -0.1) is 0 Å². The van der Waals surface area contributed by atoms with E-state index in [0.29, 0.717) is 0 Å². The highest BCUT2D eigenvalue weighted by Crippen LogP contribution is 2.29. The number of aromatic nitrogens is 1. The third-order valence-electron chi connectivity index (χ3n) is 2.34. The second-order valence-corrected chi connectivity index (χ2v) is 3.01. The molecule has 0 aliphatic carbocycles. The van der Waals surface area contributed by atoms with Crippen molar-refractivity contribution in [2.24, 2.45) is 0 Å². The fourth-order valence-corrected chi connectivity index (χ4v) is 1.76. The maximum absolute atomic E-state index is 5.07. The molecule has 3 rings (SSSR count). The molecule has 2 heterocycles. The summed E-state index contributed by atoms with van der Waals surface area (Å²) in [7, 11) is 0. The van der Waals surface area contributed by atoms with Crippen LogP contribution in [0.2, 0.25) is 0 Å². The normalized spacial score (nSPS) is 14.7. The van der Waals surface area contributed by atoms with Crippen LogP contribution in [0.25, 0.3) is 11.0 Å². The van der Waals surface area contributed by atoms with Crippen molar-refractivity contribution in [3.63, 3.8) is 0 Å². The molecule has 2 aromatic rings. The van der Waals surface area contributed by atoms with Crippen molar-refractivity contribution in [3.8, 4) is 0 Å². The lowest BCUT2D eigenvalue weighted by Gasteiger charge is -1.97. The average Bonchev–Trinajstić information content (AvgIpc) is 2.71. The number of nitrogens with zero attached hydrogens (tertiary/aromatic N) is 1. The van der Waals surface area contributed by atoms with Crippen molar-refractivity contribution in [2.45, 2.75) is 6.42 Å². The Morgan fingerprint density at radius 3 is 3.42 bits per heavy atom. The lowest BCUT2D eigenvalue weighted by Crippen LogP contribution is -1.90. The molecule has 3 nitrogen and oxygen atoms in total. The summed E-state index contributed by atoms with van der Waals surface area (Å²) < 4.78 is 5.07. The number of anilines is 1. The summed E-state index contributed by atoms with van der Waals surface area (Å²) in [6.45, 7) is 1.03. The van der Waals surface area contributed by atoms with E-state index in [1.807, 2.05) is 6.07 Å². The summed E-state index contributed by atoms with van der Waals surface area (Å²) in [6, 6.07) is 4.01. The molecule has 0 fully saturated rings. The average molecular weight is 160 g/mol. The van der Waals surface area contributed by atoms with E-state index in [4.69, 9.17) is 4.52 Å². The summed E-state index contributed by atoms with van der Waals surface area (Å²) in [6.07, 6.45) is 2.87. The highest BCUT2D eigenvalue weighted by Gasteiger charge is 2.14. The van der Waals surface area contributed by atoms with Crippen LogP contribution in [0.3, 0.4) is 0 Å². The molecule has 60 valence electrons. The Balaban J connectivity index is 2.46. The first-order chi connectivity index (χ1) is 5.95. The highest BCUT2D eigenvalue weighted by atomic mass is 16.5. The Morgan fingerprint density at radius 2 is 2.42 bits per heavy atom. The van der Waals surface area contributed by atoms with E-state index in [2.05, 4.69) is 16.5 Å². The molecule has 3 heteroatoms. The SMILES string of the molecule is c1cc2oncc2c2c1NCC2. The minimum atomic E-state index is 0.887. The van der Waals surface area contributed by atoms with Crippen molar-refractivity contribution in [3.05, 3.63) is 23.9 Å². The van der Waals surface area contributed by atoms with Crippen molar-refractivity contribution < 1.29 is 4.52 Å². The van der Waals surface area contributed by atoms with Crippen LogP contribution in [-0.2, 0) is 6.42 Å². The number of hydrogen-bond donors (Lipinski definition) is 1. The lowest BCUT2D eigenvalue weighted by molar-refractivity contribution is 0.456. The first kappa shape index (κ1) is 6.06. The number of benzene rings is 1. The fourth-order valence-electron chi connectivity index (χ4n) is 1.76. The third-order valence-corrected chi connectivity index (χ3v) is 2.34. The monoisotopic (exact) mass is 160 g/mol. The molecule has 1 aliphatic heterocycles. The van der Waals surface area contributed by atoms with Crippen LogP contribution in [-0.4, -0.2) is 11.7 Å². The van der Waals surface area contributed by atoms with E-state index in [1.165, 1.54) is 11.3 Å². The predicted octanol–water partition coefficient (Wildman–Crippen LogP) is 1.80. The number of fused-ring (bicyclic) bond motifs is 3. The van der Waals surface area contributed by atoms with Gasteiger partial charge in [0.2, 0.25) is 0 Å². The van der Waals surface area contributed by atoms with Crippen LogP contribution in [0.4, 0.5) is 5.69 Å². The summed E-state index contributed by atoms with van der Waals surface area (Å²) in [5.74, 6) is 0. The molecule has 1 N–H and O–H groups in total. The maximum atomic E-state index is 5.07. The summed E-state index contributed by atoms with van der Waals surface area (Å²) in [5, 5.41) is 8.24. The zero-order valence-electron chi connectivity index (χ0n) is 6.50. The number of rotatable bonds is 0. The summed E-state index contributed by atoms with van der Waals surface area (Å²) in [4.78, 5) is 0. The maximum Gasteiger partial charge on any atom is 0.167 e. The lowest BCUT2D eigenvalue weighted by atomic mass is 10.1. The van der Waals surface area contributed by atoms with Crippen LogP contribution in [0, 0.1) is 0 Å². The van der Waals surface area contributed by atoms with Crippen LogP contribution >= 0.6 is 0 Å². The molecule has 1 aromatic carbocycles. The van der Waals surface area contributed by atoms with Gasteiger partial charge < -0.3 is 9.84 Å². The Hall–Kier alpha value is -1.51. The van der Waals surface area contributed by atoms with Gasteiger partial charge in [-0.3, -0.25) is 0 Å². The Labute approximate surface area is 69.4 Å². The van der Waals surface area contributed by atoms with Gasteiger partial charge in [-0.25, -0.2) is 0 Å². The minimum absolute atomic E-state index is 0.887. The molecule has 0 unspecified atom stereocenters.